The van der Waals surface area contributed by atoms with E-state index in [1.165, 1.54) is 23.5 Å². The topological polar surface area (TPSA) is 29.1 Å². The van der Waals surface area contributed by atoms with Crippen molar-refractivity contribution < 1.29 is 4.79 Å². The van der Waals surface area contributed by atoms with E-state index in [0.29, 0.717) is 4.58 Å². The van der Waals surface area contributed by atoms with Crippen LogP contribution in [0.25, 0.3) is 0 Å². The zero-order valence-corrected chi connectivity index (χ0v) is 13.9. The van der Waals surface area contributed by atoms with Crippen LogP contribution in [0, 0.1) is 0 Å². The average molecular weight is 310 g/mol. The minimum absolute atomic E-state index is 0.0502. The van der Waals surface area contributed by atoms with Gasteiger partial charge < -0.3 is 5.32 Å². The van der Waals surface area contributed by atoms with Gasteiger partial charge in [-0.05, 0) is 48.5 Å². The quantitative estimate of drug-likeness (QED) is 0.870. The molecule has 0 spiro atoms. The number of thioether (sulfide) groups is 2. The molecule has 1 saturated heterocycles. The van der Waals surface area contributed by atoms with Crippen molar-refractivity contribution in [3.63, 3.8) is 0 Å². The lowest BCUT2D eigenvalue weighted by atomic mass is 10.1. The predicted octanol–water partition coefficient (Wildman–Crippen LogP) is 4.47. The molecule has 1 fully saturated rings. The van der Waals surface area contributed by atoms with Crippen LogP contribution in [-0.2, 0) is 0 Å². The molecule has 110 valence electrons. The Morgan fingerprint density at radius 2 is 1.80 bits per heavy atom. The number of carbonyl (C=O) groups is 1. The summed E-state index contributed by atoms with van der Waals surface area (Å²) in [5.74, 6) is 2.54. The van der Waals surface area contributed by atoms with Crippen LogP contribution in [0.4, 0.5) is 0 Å². The van der Waals surface area contributed by atoms with Crippen LogP contribution in [0.1, 0.15) is 53.6 Å². The zero-order chi connectivity index (χ0) is 14.4. The first-order chi connectivity index (χ1) is 9.74. The van der Waals surface area contributed by atoms with Crippen molar-refractivity contribution in [2.75, 3.05) is 11.5 Å². The second kappa shape index (κ2) is 7.99. The highest BCUT2D eigenvalue weighted by Crippen LogP contribution is 2.43. The Hall–Kier alpha value is -0.610. The number of nitrogens with one attached hydrogen (secondary N) is 1. The van der Waals surface area contributed by atoms with Gasteiger partial charge in [-0.2, -0.15) is 0 Å². The van der Waals surface area contributed by atoms with Gasteiger partial charge in [0.25, 0.3) is 5.91 Å². The van der Waals surface area contributed by atoms with Crippen LogP contribution in [-0.4, -0.2) is 23.5 Å². The van der Waals surface area contributed by atoms with Crippen LogP contribution in [0.3, 0.4) is 0 Å². The minimum Gasteiger partial charge on any atom is -0.349 e. The third-order valence-corrected chi connectivity index (χ3v) is 6.61. The van der Waals surface area contributed by atoms with Crippen LogP contribution in [0.15, 0.2) is 24.3 Å². The first-order valence-electron chi connectivity index (χ1n) is 7.38. The lowest BCUT2D eigenvalue weighted by Crippen LogP contribution is -2.33. The normalized spacial score (nSPS) is 16.4. The first kappa shape index (κ1) is 15.8. The lowest BCUT2D eigenvalue weighted by molar-refractivity contribution is 0.0935. The third kappa shape index (κ3) is 4.19. The van der Waals surface area contributed by atoms with Gasteiger partial charge >= 0.3 is 0 Å². The van der Waals surface area contributed by atoms with Gasteiger partial charge in [-0.15, -0.1) is 23.5 Å². The Kier molecular flexibility index (Phi) is 6.30. The van der Waals surface area contributed by atoms with Crippen molar-refractivity contribution in [1.29, 1.82) is 0 Å². The molecule has 1 aliphatic rings. The summed E-state index contributed by atoms with van der Waals surface area (Å²) < 4.78 is 0.542. The fraction of sp³-hybridized carbons (Fsp3) is 0.562. The van der Waals surface area contributed by atoms with Crippen molar-refractivity contribution in [3.05, 3.63) is 35.4 Å². The highest BCUT2D eigenvalue weighted by atomic mass is 32.2. The number of hydrogen-bond acceptors (Lipinski definition) is 3. The Morgan fingerprint density at radius 1 is 1.20 bits per heavy atom. The monoisotopic (exact) mass is 309 g/mol. The van der Waals surface area contributed by atoms with E-state index in [1.54, 1.807) is 0 Å². The molecule has 1 N–H and O–H groups in total. The summed E-state index contributed by atoms with van der Waals surface area (Å²) in [5, 5.41) is 3.08. The van der Waals surface area contributed by atoms with E-state index >= 15 is 0 Å². The maximum absolute atomic E-state index is 12.1. The summed E-state index contributed by atoms with van der Waals surface area (Å²) in [7, 11) is 0. The number of rotatable bonds is 5. The molecular weight excluding hydrogens is 286 g/mol. The molecule has 0 atom stereocenters. The molecule has 1 aliphatic heterocycles. The van der Waals surface area contributed by atoms with E-state index in [9.17, 15) is 4.79 Å². The molecule has 0 unspecified atom stereocenters. The molecule has 1 aromatic carbocycles. The molecule has 0 saturated carbocycles. The smallest absolute Gasteiger partial charge is 0.251 e. The Morgan fingerprint density at radius 3 is 2.35 bits per heavy atom. The molecule has 20 heavy (non-hydrogen) atoms. The van der Waals surface area contributed by atoms with Gasteiger partial charge in [0, 0.05) is 11.6 Å². The zero-order valence-electron chi connectivity index (χ0n) is 12.2. The van der Waals surface area contributed by atoms with Crippen molar-refractivity contribution in [2.45, 2.75) is 43.7 Å². The maximum atomic E-state index is 12.1. The molecule has 1 heterocycles. The van der Waals surface area contributed by atoms with Crippen LogP contribution < -0.4 is 5.32 Å². The number of hydrogen-bond donors (Lipinski definition) is 1. The largest absolute Gasteiger partial charge is 0.349 e. The highest BCUT2D eigenvalue weighted by Gasteiger charge is 2.17. The SMILES string of the molecule is CCC(CC)NC(=O)c1ccc(C2SCCCS2)cc1. The highest BCUT2D eigenvalue weighted by molar-refractivity contribution is 8.16. The van der Waals surface area contributed by atoms with Gasteiger partial charge in [0.15, 0.2) is 0 Å². The van der Waals surface area contributed by atoms with E-state index in [1.807, 2.05) is 35.7 Å². The Balaban J connectivity index is 1.98. The Bertz CT molecular complexity index is 423. The van der Waals surface area contributed by atoms with Crippen molar-refractivity contribution in [1.82, 2.24) is 5.32 Å². The van der Waals surface area contributed by atoms with Gasteiger partial charge in [0.2, 0.25) is 0 Å². The molecule has 0 bridgehead atoms. The van der Waals surface area contributed by atoms with Crippen molar-refractivity contribution >= 4 is 29.4 Å². The summed E-state index contributed by atoms with van der Waals surface area (Å²) in [6.45, 7) is 4.21. The maximum Gasteiger partial charge on any atom is 0.251 e. The predicted molar refractivity (Wildman–Crippen MR) is 90.6 cm³/mol. The summed E-state index contributed by atoms with van der Waals surface area (Å²) >= 11 is 4.02. The van der Waals surface area contributed by atoms with Crippen LogP contribution >= 0.6 is 23.5 Å². The molecule has 0 radical (unpaired) electrons. The first-order valence-corrected chi connectivity index (χ1v) is 9.48. The second-order valence-electron chi connectivity index (χ2n) is 5.04. The fourth-order valence-corrected chi connectivity index (χ4v) is 5.13. The van der Waals surface area contributed by atoms with Gasteiger partial charge in [-0.1, -0.05) is 26.0 Å². The van der Waals surface area contributed by atoms with E-state index < -0.39 is 0 Å². The number of carbonyl (C=O) groups excluding carboxylic acids is 1. The van der Waals surface area contributed by atoms with Crippen LogP contribution in [0.2, 0.25) is 0 Å². The summed E-state index contributed by atoms with van der Waals surface area (Å²) in [6, 6.07) is 8.42. The van der Waals surface area contributed by atoms with E-state index in [2.05, 4.69) is 31.3 Å². The lowest BCUT2D eigenvalue weighted by Gasteiger charge is -2.21. The molecule has 0 aromatic heterocycles. The standard InChI is InChI=1S/C16H23NOS2/c1-3-14(4-2)17-15(18)12-6-8-13(9-7-12)16-19-10-5-11-20-16/h6-9,14,16H,3-5,10-11H2,1-2H3,(H,17,18). The van der Waals surface area contributed by atoms with Gasteiger partial charge in [0.1, 0.15) is 0 Å². The molecule has 2 rings (SSSR count). The summed E-state index contributed by atoms with van der Waals surface area (Å²) in [5.41, 5.74) is 2.10. The Labute approximate surface area is 130 Å². The third-order valence-electron chi connectivity index (χ3n) is 3.59. The van der Waals surface area contributed by atoms with Gasteiger partial charge in [0.05, 0.1) is 4.58 Å². The summed E-state index contributed by atoms with van der Waals surface area (Å²) in [6.07, 6.45) is 3.27. The van der Waals surface area contributed by atoms with Gasteiger partial charge in [-0.3, -0.25) is 4.79 Å². The number of benzene rings is 1. The molecule has 2 nitrogen and oxygen atoms in total. The summed E-state index contributed by atoms with van der Waals surface area (Å²) in [4.78, 5) is 12.1. The van der Waals surface area contributed by atoms with E-state index in [4.69, 9.17) is 0 Å². The molecular formula is C16H23NOS2. The molecule has 1 amide bonds. The minimum atomic E-state index is 0.0502. The van der Waals surface area contributed by atoms with Crippen molar-refractivity contribution in [3.8, 4) is 0 Å². The van der Waals surface area contributed by atoms with Gasteiger partial charge in [-0.25, -0.2) is 0 Å². The van der Waals surface area contributed by atoms with E-state index in [0.717, 1.165) is 18.4 Å². The van der Waals surface area contributed by atoms with Crippen molar-refractivity contribution in [2.24, 2.45) is 0 Å². The fourth-order valence-electron chi connectivity index (χ4n) is 2.23. The van der Waals surface area contributed by atoms with Crippen LogP contribution in [0.5, 0.6) is 0 Å². The molecule has 4 heteroatoms. The second-order valence-corrected chi connectivity index (χ2v) is 7.76. The average Bonchev–Trinajstić information content (AvgIpc) is 2.53. The van der Waals surface area contributed by atoms with E-state index in [-0.39, 0.29) is 11.9 Å². The molecule has 1 aromatic rings. The number of amides is 1. The molecule has 0 aliphatic carbocycles.